The van der Waals surface area contributed by atoms with Crippen molar-refractivity contribution in [3.63, 3.8) is 0 Å². The zero-order valence-corrected chi connectivity index (χ0v) is 9.85. The largest absolute Gasteiger partial charge is 0.497 e. The lowest BCUT2D eigenvalue weighted by atomic mass is 10.1. The van der Waals surface area contributed by atoms with E-state index in [9.17, 15) is 4.79 Å². The third-order valence-electron chi connectivity index (χ3n) is 2.95. The second-order valence-corrected chi connectivity index (χ2v) is 3.96. The summed E-state index contributed by atoms with van der Waals surface area (Å²) in [6, 6.07) is 7.78. The minimum Gasteiger partial charge on any atom is -0.497 e. The molecular formula is C12H17N3O2. The molecule has 0 spiro atoms. The number of hydrogen-bond donors (Lipinski definition) is 2. The number of amides is 2. The second kappa shape index (κ2) is 5.05. The van der Waals surface area contributed by atoms with Gasteiger partial charge in [-0.15, -0.1) is 0 Å². The van der Waals surface area contributed by atoms with Gasteiger partial charge in [0.25, 0.3) is 0 Å². The molecule has 0 aromatic heterocycles. The lowest BCUT2D eigenvalue weighted by Gasteiger charge is -2.22. The number of urea groups is 1. The van der Waals surface area contributed by atoms with E-state index in [2.05, 4.69) is 5.32 Å². The fourth-order valence-corrected chi connectivity index (χ4v) is 2.06. The fourth-order valence-electron chi connectivity index (χ4n) is 2.06. The van der Waals surface area contributed by atoms with Crippen molar-refractivity contribution in [2.24, 2.45) is 5.73 Å². The molecule has 1 aromatic carbocycles. The van der Waals surface area contributed by atoms with Gasteiger partial charge in [-0.1, -0.05) is 12.1 Å². The van der Waals surface area contributed by atoms with Crippen LogP contribution in [-0.4, -0.2) is 37.7 Å². The van der Waals surface area contributed by atoms with Crippen LogP contribution < -0.4 is 15.8 Å². The molecule has 1 fully saturated rings. The van der Waals surface area contributed by atoms with Gasteiger partial charge in [0, 0.05) is 19.6 Å². The average Bonchev–Trinajstić information content (AvgIpc) is 2.72. The predicted molar refractivity (Wildman–Crippen MR) is 64.9 cm³/mol. The van der Waals surface area contributed by atoms with Crippen LogP contribution in [0.1, 0.15) is 11.6 Å². The number of nitrogens with one attached hydrogen (secondary N) is 1. The van der Waals surface area contributed by atoms with Crippen molar-refractivity contribution in [1.29, 1.82) is 0 Å². The minimum atomic E-state index is -0.0451. The molecule has 0 aliphatic carbocycles. The third-order valence-corrected chi connectivity index (χ3v) is 2.95. The summed E-state index contributed by atoms with van der Waals surface area (Å²) >= 11 is 0. The van der Waals surface area contributed by atoms with E-state index in [-0.39, 0.29) is 12.1 Å². The zero-order valence-electron chi connectivity index (χ0n) is 9.85. The van der Waals surface area contributed by atoms with Crippen LogP contribution in [0.5, 0.6) is 5.75 Å². The maximum atomic E-state index is 11.6. The molecule has 5 nitrogen and oxygen atoms in total. The molecule has 2 amide bonds. The summed E-state index contributed by atoms with van der Waals surface area (Å²) in [5, 5.41) is 2.83. The van der Waals surface area contributed by atoms with Gasteiger partial charge in [-0.3, -0.25) is 0 Å². The summed E-state index contributed by atoms with van der Waals surface area (Å²) in [5.74, 6) is 0.816. The second-order valence-electron chi connectivity index (χ2n) is 3.96. The lowest BCUT2D eigenvalue weighted by Crippen LogP contribution is -2.34. The van der Waals surface area contributed by atoms with Crippen molar-refractivity contribution >= 4 is 6.03 Å². The molecule has 1 aliphatic heterocycles. The Morgan fingerprint density at radius 2 is 2.18 bits per heavy atom. The number of carbonyl (C=O) groups is 1. The summed E-state index contributed by atoms with van der Waals surface area (Å²) in [5.41, 5.74) is 6.61. The number of rotatable bonds is 4. The molecule has 1 saturated heterocycles. The highest BCUT2D eigenvalue weighted by Crippen LogP contribution is 2.25. The van der Waals surface area contributed by atoms with Gasteiger partial charge < -0.3 is 20.7 Å². The minimum absolute atomic E-state index is 0.0451. The average molecular weight is 235 g/mol. The van der Waals surface area contributed by atoms with Gasteiger partial charge >= 0.3 is 6.03 Å². The monoisotopic (exact) mass is 235 g/mol. The number of nitrogens with two attached hydrogens (primary N) is 1. The first kappa shape index (κ1) is 11.7. The number of methoxy groups -OCH3 is 1. The van der Waals surface area contributed by atoms with Gasteiger partial charge in [0.05, 0.1) is 13.2 Å². The van der Waals surface area contributed by atoms with Crippen LogP contribution in [0.25, 0.3) is 0 Å². The summed E-state index contributed by atoms with van der Waals surface area (Å²) in [6.07, 6.45) is 0. The van der Waals surface area contributed by atoms with Gasteiger partial charge in [0.15, 0.2) is 0 Å². The quantitative estimate of drug-likeness (QED) is 0.808. The van der Waals surface area contributed by atoms with Gasteiger partial charge in [-0.25, -0.2) is 4.79 Å². The van der Waals surface area contributed by atoms with Crippen LogP contribution in [0.2, 0.25) is 0 Å². The molecule has 3 N–H and O–H groups in total. The van der Waals surface area contributed by atoms with E-state index < -0.39 is 0 Å². The van der Waals surface area contributed by atoms with Crippen LogP contribution in [0, 0.1) is 0 Å². The predicted octanol–water partition coefficient (Wildman–Crippen LogP) is 0.720. The van der Waals surface area contributed by atoms with Crippen molar-refractivity contribution < 1.29 is 9.53 Å². The van der Waals surface area contributed by atoms with Crippen LogP contribution in [-0.2, 0) is 0 Å². The zero-order chi connectivity index (χ0) is 12.3. The van der Waals surface area contributed by atoms with Crippen LogP contribution in [0.15, 0.2) is 24.3 Å². The smallest absolute Gasteiger partial charge is 0.318 e. The number of benzene rings is 1. The van der Waals surface area contributed by atoms with Gasteiger partial charge in [-0.2, -0.15) is 0 Å². The summed E-state index contributed by atoms with van der Waals surface area (Å²) in [7, 11) is 1.64. The third kappa shape index (κ3) is 2.34. The Morgan fingerprint density at radius 3 is 2.76 bits per heavy atom. The first-order valence-electron chi connectivity index (χ1n) is 5.64. The normalized spacial score (nSPS) is 19.3. The van der Waals surface area contributed by atoms with E-state index in [0.29, 0.717) is 19.6 Å². The van der Waals surface area contributed by atoms with Crippen LogP contribution in [0.3, 0.4) is 0 Å². The van der Waals surface area contributed by atoms with E-state index in [1.54, 1.807) is 12.0 Å². The molecule has 17 heavy (non-hydrogen) atoms. The fraction of sp³-hybridized carbons (Fsp3) is 0.417. The topological polar surface area (TPSA) is 67.6 Å². The van der Waals surface area contributed by atoms with E-state index in [0.717, 1.165) is 11.3 Å². The Morgan fingerprint density at radius 1 is 1.47 bits per heavy atom. The molecule has 1 unspecified atom stereocenters. The first-order valence-corrected chi connectivity index (χ1v) is 5.64. The highest BCUT2D eigenvalue weighted by Gasteiger charge is 2.30. The van der Waals surface area contributed by atoms with E-state index >= 15 is 0 Å². The Kier molecular flexibility index (Phi) is 3.49. The van der Waals surface area contributed by atoms with Gasteiger partial charge in [-0.05, 0) is 17.7 Å². The molecule has 0 radical (unpaired) electrons. The number of ether oxygens (including phenoxy) is 1. The van der Waals surface area contributed by atoms with Crippen molar-refractivity contribution in [3.8, 4) is 5.75 Å². The molecular weight excluding hydrogens is 218 g/mol. The standard InChI is InChI=1S/C12H17N3O2/c1-17-10-4-2-9(3-5-10)11-8-14-12(16)15(11)7-6-13/h2-5,11H,6-8,13H2,1H3,(H,14,16). The summed E-state index contributed by atoms with van der Waals surface area (Å²) in [4.78, 5) is 13.4. The van der Waals surface area contributed by atoms with Crippen molar-refractivity contribution in [1.82, 2.24) is 10.2 Å². The lowest BCUT2D eigenvalue weighted by molar-refractivity contribution is 0.206. The van der Waals surface area contributed by atoms with E-state index in [1.165, 1.54) is 0 Å². The molecule has 1 aliphatic rings. The van der Waals surface area contributed by atoms with Crippen molar-refractivity contribution in [2.75, 3.05) is 26.7 Å². The van der Waals surface area contributed by atoms with Crippen molar-refractivity contribution in [3.05, 3.63) is 29.8 Å². The molecule has 92 valence electrons. The molecule has 2 rings (SSSR count). The molecule has 0 bridgehead atoms. The maximum Gasteiger partial charge on any atom is 0.318 e. The summed E-state index contributed by atoms with van der Waals surface area (Å²) in [6.45, 7) is 1.67. The molecule has 5 heteroatoms. The molecule has 1 heterocycles. The Hall–Kier alpha value is -1.75. The maximum absolute atomic E-state index is 11.6. The highest BCUT2D eigenvalue weighted by molar-refractivity contribution is 5.77. The van der Waals surface area contributed by atoms with Crippen molar-refractivity contribution in [2.45, 2.75) is 6.04 Å². The molecule has 1 aromatic rings. The van der Waals surface area contributed by atoms with E-state index in [1.807, 2.05) is 24.3 Å². The van der Waals surface area contributed by atoms with Gasteiger partial charge in [0.1, 0.15) is 5.75 Å². The number of carbonyl (C=O) groups excluding carboxylic acids is 1. The van der Waals surface area contributed by atoms with Gasteiger partial charge in [0.2, 0.25) is 0 Å². The Balaban J connectivity index is 2.17. The first-order chi connectivity index (χ1) is 8.26. The van der Waals surface area contributed by atoms with E-state index in [4.69, 9.17) is 10.5 Å². The number of nitrogens with zero attached hydrogens (tertiary/aromatic N) is 1. The number of hydrogen-bond acceptors (Lipinski definition) is 3. The Bertz CT molecular complexity index is 391. The molecule has 1 atom stereocenters. The SMILES string of the molecule is COc1ccc(C2CNC(=O)N2CCN)cc1. The van der Waals surface area contributed by atoms with Crippen LogP contribution >= 0.6 is 0 Å². The Labute approximate surface area is 101 Å². The van der Waals surface area contributed by atoms with Crippen LogP contribution in [0.4, 0.5) is 4.79 Å². The molecule has 0 saturated carbocycles. The summed E-state index contributed by atoms with van der Waals surface area (Å²) < 4.78 is 5.11. The highest BCUT2D eigenvalue weighted by atomic mass is 16.5.